The summed E-state index contributed by atoms with van der Waals surface area (Å²) < 4.78 is 19.5. The van der Waals surface area contributed by atoms with Gasteiger partial charge in [-0.2, -0.15) is 0 Å². The van der Waals surface area contributed by atoms with Crippen LogP contribution < -0.4 is 10.2 Å². The molecule has 4 nitrogen and oxygen atoms in total. The number of hydrogen-bond donors (Lipinski definition) is 2. The number of para-hydroxylation sites is 1. The highest BCUT2D eigenvalue weighted by molar-refractivity contribution is 5.98. The molecule has 3 aromatic rings. The molecule has 146 valence electrons. The first-order valence-corrected chi connectivity index (χ1v) is 9.99. The Morgan fingerprint density at radius 1 is 1.07 bits per heavy atom. The maximum atomic E-state index is 13.9. The summed E-state index contributed by atoms with van der Waals surface area (Å²) in [7, 11) is 0. The van der Waals surface area contributed by atoms with Crippen LogP contribution in [0, 0.1) is 12.7 Å². The molecule has 4 rings (SSSR count). The molecule has 0 radical (unpaired) electrons. The predicted octanol–water partition coefficient (Wildman–Crippen LogP) is 3.38. The van der Waals surface area contributed by atoms with Crippen LogP contribution in [0.25, 0.3) is 11.0 Å². The van der Waals surface area contributed by atoms with Crippen molar-refractivity contribution in [1.29, 1.82) is 0 Å². The Kier molecular flexibility index (Phi) is 5.44. The molecule has 1 fully saturated rings. The lowest BCUT2D eigenvalue weighted by atomic mass is 10.0. The summed E-state index contributed by atoms with van der Waals surface area (Å²) in [4.78, 5) is 14.3. The summed E-state index contributed by atoms with van der Waals surface area (Å²) in [6, 6.07) is 13.0. The molecule has 0 bridgehead atoms. The molecule has 2 aromatic carbocycles. The molecular weight excluding hydrogens is 355 g/mol. The molecule has 1 aromatic heterocycles. The Morgan fingerprint density at radius 3 is 2.57 bits per heavy atom. The first-order valence-electron chi connectivity index (χ1n) is 9.99. The van der Waals surface area contributed by atoms with E-state index >= 15 is 0 Å². The van der Waals surface area contributed by atoms with Gasteiger partial charge in [0.25, 0.3) is 5.91 Å². The molecule has 1 aliphatic rings. The predicted molar refractivity (Wildman–Crippen MR) is 107 cm³/mol. The third-order valence-corrected chi connectivity index (χ3v) is 5.68. The minimum atomic E-state index is -0.450. The number of halogens is 1. The van der Waals surface area contributed by atoms with Crippen molar-refractivity contribution < 1.29 is 18.5 Å². The van der Waals surface area contributed by atoms with E-state index in [4.69, 9.17) is 4.42 Å². The van der Waals surface area contributed by atoms with Gasteiger partial charge in [0.05, 0.1) is 13.1 Å². The second-order valence-corrected chi connectivity index (χ2v) is 7.61. The average Bonchev–Trinajstić information content (AvgIpc) is 3.06. The number of aryl methyl sites for hydroxylation is 1. The first kappa shape index (κ1) is 18.7. The lowest BCUT2D eigenvalue weighted by Crippen LogP contribution is -3.11. The zero-order valence-corrected chi connectivity index (χ0v) is 16.2. The molecule has 2 heterocycles. The number of amides is 1. The van der Waals surface area contributed by atoms with Crippen LogP contribution in [0.1, 0.15) is 46.5 Å². The Balaban J connectivity index is 1.48. The minimum Gasteiger partial charge on any atom is -0.448 e. The summed E-state index contributed by atoms with van der Waals surface area (Å²) in [5.41, 5.74) is 3.19. The zero-order chi connectivity index (χ0) is 19.5. The Morgan fingerprint density at radius 2 is 1.82 bits per heavy atom. The van der Waals surface area contributed by atoms with Gasteiger partial charge >= 0.3 is 0 Å². The van der Waals surface area contributed by atoms with Crippen LogP contribution in [-0.2, 0) is 13.1 Å². The summed E-state index contributed by atoms with van der Waals surface area (Å²) >= 11 is 0. The summed E-state index contributed by atoms with van der Waals surface area (Å²) in [5.74, 6) is -0.582. The molecule has 1 aliphatic heterocycles. The number of piperidine rings is 1. The fourth-order valence-corrected chi connectivity index (χ4v) is 4.08. The van der Waals surface area contributed by atoms with Crippen LogP contribution >= 0.6 is 0 Å². The number of nitrogens with one attached hydrogen (secondary N) is 2. The summed E-state index contributed by atoms with van der Waals surface area (Å²) in [5, 5.41) is 3.59. The van der Waals surface area contributed by atoms with Gasteiger partial charge in [0.2, 0.25) is 0 Å². The Labute approximate surface area is 164 Å². The van der Waals surface area contributed by atoms with E-state index < -0.39 is 5.82 Å². The van der Waals surface area contributed by atoms with Crippen molar-refractivity contribution in [1.82, 2.24) is 5.32 Å². The van der Waals surface area contributed by atoms with Gasteiger partial charge < -0.3 is 14.6 Å². The highest BCUT2D eigenvalue weighted by atomic mass is 19.1. The number of carbonyl (C=O) groups is 1. The molecule has 0 atom stereocenters. The standard InChI is InChI=1S/C23H25FN2O2/c1-16-19-10-7-11-20(24)22(19)28-21(16)23(27)25-14-17-8-3-4-9-18(17)15-26-12-5-2-6-13-26/h3-4,7-11H,2,5-6,12-15H2,1H3,(H,25,27)/p+1. The number of likely N-dealkylation sites (tertiary alicyclic amines) is 1. The normalized spacial score (nSPS) is 15.1. The number of fused-ring (bicyclic) bond motifs is 1. The van der Waals surface area contributed by atoms with Gasteiger partial charge in [0, 0.05) is 23.1 Å². The molecule has 5 heteroatoms. The highest BCUT2D eigenvalue weighted by Crippen LogP contribution is 2.27. The minimum absolute atomic E-state index is 0.138. The van der Waals surface area contributed by atoms with E-state index in [0.29, 0.717) is 17.5 Å². The third-order valence-electron chi connectivity index (χ3n) is 5.68. The topological polar surface area (TPSA) is 46.7 Å². The smallest absolute Gasteiger partial charge is 0.287 e. The van der Waals surface area contributed by atoms with Crippen LogP contribution in [-0.4, -0.2) is 19.0 Å². The molecule has 28 heavy (non-hydrogen) atoms. The second kappa shape index (κ2) is 8.15. The summed E-state index contributed by atoms with van der Waals surface area (Å²) in [6.45, 7) is 5.63. The van der Waals surface area contributed by atoms with Crippen LogP contribution in [0.2, 0.25) is 0 Å². The van der Waals surface area contributed by atoms with E-state index in [-0.39, 0.29) is 17.3 Å². The van der Waals surface area contributed by atoms with Gasteiger partial charge in [0.1, 0.15) is 6.54 Å². The second-order valence-electron chi connectivity index (χ2n) is 7.61. The van der Waals surface area contributed by atoms with Crippen molar-refractivity contribution in [3.63, 3.8) is 0 Å². The zero-order valence-electron chi connectivity index (χ0n) is 16.2. The number of rotatable bonds is 5. The number of carbonyl (C=O) groups excluding carboxylic acids is 1. The monoisotopic (exact) mass is 381 g/mol. The molecule has 1 amide bonds. The van der Waals surface area contributed by atoms with Crippen LogP contribution in [0.15, 0.2) is 46.9 Å². The Hall–Kier alpha value is -2.66. The van der Waals surface area contributed by atoms with Crippen molar-refractivity contribution in [2.75, 3.05) is 13.1 Å². The van der Waals surface area contributed by atoms with Crippen molar-refractivity contribution in [3.05, 3.63) is 70.7 Å². The third kappa shape index (κ3) is 3.80. The maximum Gasteiger partial charge on any atom is 0.287 e. The van der Waals surface area contributed by atoms with Gasteiger partial charge in [0.15, 0.2) is 17.2 Å². The number of quaternary nitrogens is 1. The lowest BCUT2D eigenvalue weighted by Gasteiger charge is -2.24. The molecule has 0 spiro atoms. The van der Waals surface area contributed by atoms with Crippen molar-refractivity contribution in [2.45, 2.75) is 39.3 Å². The van der Waals surface area contributed by atoms with E-state index in [2.05, 4.69) is 23.5 Å². The van der Waals surface area contributed by atoms with Crippen LogP contribution in [0.3, 0.4) is 0 Å². The van der Waals surface area contributed by atoms with Gasteiger partial charge in [-0.1, -0.05) is 36.4 Å². The van der Waals surface area contributed by atoms with E-state index in [1.165, 1.54) is 44.0 Å². The van der Waals surface area contributed by atoms with Crippen molar-refractivity contribution in [2.24, 2.45) is 0 Å². The van der Waals surface area contributed by atoms with Crippen molar-refractivity contribution in [3.8, 4) is 0 Å². The molecule has 1 saturated heterocycles. The van der Waals surface area contributed by atoms with Gasteiger partial charge in [-0.25, -0.2) is 4.39 Å². The SMILES string of the molecule is Cc1c(C(=O)NCc2ccccc2C[NH+]2CCCCC2)oc2c(F)cccc12. The molecule has 0 saturated carbocycles. The maximum absolute atomic E-state index is 13.9. The van der Waals surface area contributed by atoms with Gasteiger partial charge in [-0.05, 0) is 37.8 Å². The van der Waals surface area contributed by atoms with E-state index in [1.54, 1.807) is 24.0 Å². The quantitative estimate of drug-likeness (QED) is 0.712. The fraction of sp³-hybridized carbons (Fsp3) is 0.348. The molecule has 0 aliphatic carbocycles. The van der Waals surface area contributed by atoms with Gasteiger partial charge in [-0.3, -0.25) is 4.79 Å². The molecule has 0 unspecified atom stereocenters. The first-order chi connectivity index (χ1) is 13.6. The largest absolute Gasteiger partial charge is 0.448 e. The number of furan rings is 1. The number of benzene rings is 2. The number of hydrogen-bond acceptors (Lipinski definition) is 2. The van der Waals surface area contributed by atoms with E-state index in [0.717, 1.165) is 12.1 Å². The molecular formula is C23H26FN2O2+. The highest BCUT2D eigenvalue weighted by Gasteiger charge is 2.20. The lowest BCUT2D eigenvalue weighted by molar-refractivity contribution is -0.918. The van der Waals surface area contributed by atoms with Crippen LogP contribution in [0.4, 0.5) is 4.39 Å². The van der Waals surface area contributed by atoms with Gasteiger partial charge in [-0.15, -0.1) is 0 Å². The van der Waals surface area contributed by atoms with Crippen LogP contribution in [0.5, 0.6) is 0 Å². The Bertz CT molecular complexity index is 989. The van der Waals surface area contributed by atoms with E-state index in [1.807, 2.05) is 6.07 Å². The summed E-state index contributed by atoms with van der Waals surface area (Å²) in [6.07, 6.45) is 3.91. The average molecular weight is 381 g/mol. The van der Waals surface area contributed by atoms with E-state index in [9.17, 15) is 9.18 Å². The van der Waals surface area contributed by atoms with Crippen molar-refractivity contribution >= 4 is 16.9 Å². The fourth-order valence-electron chi connectivity index (χ4n) is 4.08. The molecule has 2 N–H and O–H groups in total.